The normalized spacial score (nSPS) is 12.3. The van der Waals surface area contributed by atoms with E-state index >= 15 is 0 Å². The average molecular weight is 445 g/mol. The van der Waals surface area contributed by atoms with E-state index < -0.39 is 22.0 Å². The van der Waals surface area contributed by atoms with Gasteiger partial charge < -0.3 is 10.1 Å². The number of anilines is 2. The SMILES string of the molecule is CCOc1cccc(NC(=O)[C@@H](CC)N(c2cc(Cl)cc(Cl)c2)S(C)(=O)=O)c1. The molecular weight excluding hydrogens is 423 g/mol. The van der Waals surface area contributed by atoms with E-state index in [9.17, 15) is 13.2 Å². The summed E-state index contributed by atoms with van der Waals surface area (Å²) in [5.74, 6) is 0.132. The number of carbonyl (C=O) groups is 1. The molecule has 0 heterocycles. The van der Waals surface area contributed by atoms with Gasteiger partial charge in [-0.3, -0.25) is 9.10 Å². The molecule has 0 aliphatic heterocycles. The van der Waals surface area contributed by atoms with Gasteiger partial charge in [0.1, 0.15) is 11.8 Å². The minimum absolute atomic E-state index is 0.227. The van der Waals surface area contributed by atoms with Crippen LogP contribution in [0.4, 0.5) is 11.4 Å². The Kier molecular flexibility index (Phi) is 7.57. The number of benzene rings is 2. The number of amides is 1. The molecule has 0 unspecified atom stereocenters. The molecule has 0 spiro atoms. The molecule has 0 aliphatic rings. The van der Waals surface area contributed by atoms with Crippen LogP contribution in [0.25, 0.3) is 0 Å². The minimum Gasteiger partial charge on any atom is -0.494 e. The lowest BCUT2D eigenvalue weighted by Gasteiger charge is -2.30. The smallest absolute Gasteiger partial charge is 0.248 e. The molecule has 0 fully saturated rings. The van der Waals surface area contributed by atoms with Crippen molar-refractivity contribution in [1.82, 2.24) is 0 Å². The quantitative estimate of drug-likeness (QED) is 0.646. The van der Waals surface area contributed by atoms with Crippen LogP contribution in [-0.2, 0) is 14.8 Å². The van der Waals surface area contributed by atoms with Crippen LogP contribution in [0.2, 0.25) is 10.0 Å². The van der Waals surface area contributed by atoms with Crippen molar-refractivity contribution in [3.63, 3.8) is 0 Å². The van der Waals surface area contributed by atoms with Crippen LogP contribution in [0.5, 0.6) is 5.75 Å². The van der Waals surface area contributed by atoms with Gasteiger partial charge in [0.2, 0.25) is 15.9 Å². The van der Waals surface area contributed by atoms with Gasteiger partial charge in [0.25, 0.3) is 0 Å². The largest absolute Gasteiger partial charge is 0.494 e. The van der Waals surface area contributed by atoms with Crippen molar-refractivity contribution in [3.05, 3.63) is 52.5 Å². The molecule has 28 heavy (non-hydrogen) atoms. The Hall–Kier alpha value is -1.96. The molecular formula is C19H22Cl2N2O4S. The van der Waals surface area contributed by atoms with Crippen LogP contribution in [0, 0.1) is 0 Å². The first-order chi connectivity index (χ1) is 13.2. The first kappa shape index (κ1) is 22.3. The maximum absolute atomic E-state index is 12.9. The van der Waals surface area contributed by atoms with E-state index in [-0.39, 0.29) is 22.2 Å². The predicted molar refractivity (Wildman–Crippen MR) is 114 cm³/mol. The zero-order valence-electron chi connectivity index (χ0n) is 15.8. The second-order valence-corrected chi connectivity index (χ2v) is 8.79. The molecule has 2 rings (SSSR count). The molecule has 0 saturated carbocycles. The van der Waals surface area contributed by atoms with E-state index in [1.54, 1.807) is 31.2 Å². The molecule has 2 aromatic rings. The van der Waals surface area contributed by atoms with Gasteiger partial charge in [-0.05, 0) is 43.7 Å². The number of sulfonamides is 1. The van der Waals surface area contributed by atoms with Crippen molar-refractivity contribution in [2.45, 2.75) is 26.3 Å². The first-order valence-corrected chi connectivity index (χ1v) is 11.2. The zero-order chi connectivity index (χ0) is 20.9. The lowest BCUT2D eigenvalue weighted by atomic mass is 10.1. The third-order valence-electron chi connectivity index (χ3n) is 3.84. The summed E-state index contributed by atoms with van der Waals surface area (Å²) in [6, 6.07) is 10.3. The third kappa shape index (κ3) is 5.77. The number of nitrogens with one attached hydrogen (secondary N) is 1. The molecule has 2 aromatic carbocycles. The van der Waals surface area contributed by atoms with Crippen LogP contribution in [0.3, 0.4) is 0 Å². The lowest BCUT2D eigenvalue weighted by molar-refractivity contribution is -0.117. The Labute approximate surface area is 175 Å². The van der Waals surface area contributed by atoms with Crippen LogP contribution in [0.1, 0.15) is 20.3 Å². The summed E-state index contributed by atoms with van der Waals surface area (Å²) in [4.78, 5) is 12.9. The Morgan fingerprint density at radius 1 is 1.14 bits per heavy atom. The number of nitrogens with zero attached hydrogens (tertiary/aromatic N) is 1. The van der Waals surface area contributed by atoms with Crippen molar-refractivity contribution >= 4 is 50.5 Å². The van der Waals surface area contributed by atoms with Gasteiger partial charge in [-0.2, -0.15) is 0 Å². The van der Waals surface area contributed by atoms with Crippen LogP contribution < -0.4 is 14.4 Å². The van der Waals surface area contributed by atoms with E-state index in [1.807, 2.05) is 6.92 Å². The van der Waals surface area contributed by atoms with Crippen LogP contribution in [0.15, 0.2) is 42.5 Å². The minimum atomic E-state index is -3.79. The number of hydrogen-bond donors (Lipinski definition) is 1. The molecule has 0 aromatic heterocycles. The van der Waals surface area contributed by atoms with Gasteiger partial charge in [-0.1, -0.05) is 36.2 Å². The van der Waals surface area contributed by atoms with E-state index in [2.05, 4.69) is 5.32 Å². The van der Waals surface area contributed by atoms with E-state index in [0.717, 1.165) is 10.6 Å². The van der Waals surface area contributed by atoms with Crippen molar-refractivity contribution < 1.29 is 17.9 Å². The van der Waals surface area contributed by atoms with E-state index in [1.165, 1.54) is 18.2 Å². The van der Waals surface area contributed by atoms with Gasteiger partial charge in [0.15, 0.2) is 0 Å². The maximum Gasteiger partial charge on any atom is 0.248 e. The Balaban J connectivity index is 2.38. The monoisotopic (exact) mass is 444 g/mol. The summed E-state index contributed by atoms with van der Waals surface area (Å²) >= 11 is 12.1. The van der Waals surface area contributed by atoms with Gasteiger partial charge in [-0.15, -0.1) is 0 Å². The van der Waals surface area contributed by atoms with Crippen molar-refractivity contribution in [2.24, 2.45) is 0 Å². The highest BCUT2D eigenvalue weighted by Crippen LogP contribution is 2.30. The summed E-state index contributed by atoms with van der Waals surface area (Å²) in [7, 11) is -3.79. The van der Waals surface area contributed by atoms with E-state index in [0.29, 0.717) is 18.0 Å². The molecule has 6 nitrogen and oxygen atoms in total. The first-order valence-electron chi connectivity index (χ1n) is 8.65. The van der Waals surface area contributed by atoms with Crippen LogP contribution in [-0.4, -0.2) is 33.2 Å². The Morgan fingerprint density at radius 2 is 1.79 bits per heavy atom. The summed E-state index contributed by atoms with van der Waals surface area (Å²) in [6.07, 6.45) is 1.28. The zero-order valence-corrected chi connectivity index (χ0v) is 18.1. The third-order valence-corrected chi connectivity index (χ3v) is 5.46. The van der Waals surface area contributed by atoms with Crippen molar-refractivity contribution in [2.75, 3.05) is 22.5 Å². The fraction of sp³-hybridized carbons (Fsp3) is 0.316. The number of carbonyl (C=O) groups excluding carboxylic acids is 1. The van der Waals surface area contributed by atoms with Gasteiger partial charge in [-0.25, -0.2) is 8.42 Å². The molecule has 9 heteroatoms. The number of hydrogen-bond acceptors (Lipinski definition) is 4. The maximum atomic E-state index is 12.9. The van der Waals surface area contributed by atoms with Gasteiger partial charge >= 0.3 is 0 Å². The molecule has 1 atom stereocenters. The molecule has 1 N–H and O–H groups in total. The average Bonchev–Trinajstić information content (AvgIpc) is 2.58. The fourth-order valence-corrected chi connectivity index (χ4v) is 4.49. The fourth-order valence-electron chi connectivity index (χ4n) is 2.78. The molecule has 1 amide bonds. The highest BCUT2D eigenvalue weighted by Gasteiger charge is 2.32. The topological polar surface area (TPSA) is 75.7 Å². The second-order valence-electron chi connectivity index (χ2n) is 6.06. The van der Waals surface area contributed by atoms with Gasteiger partial charge in [0.05, 0.1) is 18.6 Å². The summed E-state index contributed by atoms with van der Waals surface area (Å²) < 4.78 is 31.4. The number of rotatable bonds is 8. The molecule has 0 bridgehead atoms. The summed E-state index contributed by atoms with van der Waals surface area (Å²) in [5, 5.41) is 3.30. The van der Waals surface area contributed by atoms with Crippen molar-refractivity contribution in [1.29, 1.82) is 0 Å². The number of halogens is 2. The standard InChI is InChI=1S/C19H22Cl2N2O4S/c1-4-18(19(24)22-15-7-6-8-17(12-15)27-5-2)23(28(3,25)26)16-10-13(20)9-14(21)11-16/h6-12,18H,4-5H2,1-3H3,(H,22,24)/t18-/m1/s1. The molecule has 0 saturated heterocycles. The Morgan fingerprint density at radius 3 is 2.32 bits per heavy atom. The number of ether oxygens (including phenoxy) is 1. The molecule has 0 aliphatic carbocycles. The predicted octanol–water partition coefficient (Wildman–Crippen LogP) is 4.58. The second kappa shape index (κ2) is 9.49. The highest BCUT2D eigenvalue weighted by molar-refractivity contribution is 7.92. The molecule has 0 radical (unpaired) electrons. The summed E-state index contributed by atoms with van der Waals surface area (Å²) in [6.45, 7) is 4.08. The summed E-state index contributed by atoms with van der Waals surface area (Å²) in [5.41, 5.74) is 0.733. The van der Waals surface area contributed by atoms with Gasteiger partial charge in [0, 0.05) is 21.8 Å². The van der Waals surface area contributed by atoms with E-state index in [4.69, 9.17) is 27.9 Å². The van der Waals surface area contributed by atoms with Crippen LogP contribution >= 0.6 is 23.2 Å². The Bertz CT molecular complexity index is 930. The van der Waals surface area contributed by atoms with Crippen molar-refractivity contribution in [3.8, 4) is 5.75 Å². The highest BCUT2D eigenvalue weighted by atomic mass is 35.5. The molecule has 152 valence electrons. The lowest BCUT2D eigenvalue weighted by Crippen LogP contribution is -2.47.